The topological polar surface area (TPSA) is 121 Å². The number of fused-ring (bicyclic) bond motifs is 1. The zero-order valence-corrected chi connectivity index (χ0v) is 24.3. The summed E-state index contributed by atoms with van der Waals surface area (Å²) in [5.74, 6) is -0.657. The van der Waals surface area contributed by atoms with E-state index < -0.39 is 27.7 Å². The first-order chi connectivity index (χ1) is 19.4. The first-order valence-corrected chi connectivity index (χ1v) is 14.2. The third-order valence-electron chi connectivity index (χ3n) is 6.28. The van der Waals surface area contributed by atoms with Crippen molar-refractivity contribution in [2.24, 2.45) is 0 Å². The summed E-state index contributed by atoms with van der Waals surface area (Å²) in [6.45, 7) is 0.186. The molecule has 10 nitrogen and oxygen atoms in total. The summed E-state index contributed by atoms with van der Waals surface area (Å²) in [7, 11) is 2.09. The number of para-hydroxylation sites is 1. The first kappa shape index (κ1) is 29.8. The van der Waals surface area contributed by atoms with Crippen molar-refractivity contribution in [2.75, 3.05) is 37.8 Å². The van der Waals surface area contributed by atoms with Gasteiger partial charge >= 0.3 is 11.7 Å². The molecule has 1 heterocycles. The number of benzene rings is 3. The summed E-state index contributed by atoms with van der Waals surface area (Å²) in [4.78, 5) is 28.5. The van der Waals surface area contributed by atoms with Crippen molar-refractivity contribution < 1.29 is 26.8 Å². The van der Waals surface area contributed by atoms with Crippen LogP contribution >= 0.6 is 11.6 Å². The molecule has 13 heteroatoms. The number of carbonyl (C=O) groups is 1. The number of anilines is 2. The minimum Gasteiger partial charge on any atom is -0.422 e. The fraction of sp³-hybridized carbons (Fsp3) is 0.214. The highest BCUT2D eigenvalue weighted by atomic mass is 35.5. The Labute approximate surface area is 241 Å². The van der Waals surface area contributed by atoms with E-state index in [1.165, 1.54) is 50.3 Å². The number of hydrogen-bond acceptors (Lipinski definition) is 7. The second kappa shape index (κ2) is 12.2. The molecule has 1 aromatic heterocycles. The lowest BCUT2D eigenvalue weighted by atomic mass is 9.97. The molecule has 0 radical (unpaired) electrons. The number of hydrogen-bond donors (Lipinski definition) is 2. The van der Waals surface area contributed by atoms with Gasteiger partial charge in [-0.05, 0) is 41.5 Å². The minimum absolute atomic E-state index is 0.0751. The van der Waals surface area contributed by atoms with Crippen molar-refractivity contribution in [1.29, 1.82) is 0 Å². The Bertz CT molecular complexity index is 1780. The molecule has 3 aromatic carbocycles. The van der Waals surface area contributed by atoms with Crippen molar-refractivity contribution in [3.8, 4) is 5.75 Å². The van der Waals surface area contributed by atoms with Crippen LogP contribution in [0.5, 0.6) is 5.75 Å². The maximum absolute atomic E-state index is 15.5. The predicted octanol–water partition coefficient (Wildman–Crippen LogP) is 4.75. The molecule has 0 unspecified atom stereocenters. The highest BCUT2D eigenvalue weighted by molar-refractivity contribution is 7.90. The lowest BCUT2D eigenvalue weighted by molar-refractivity contribution is 0.172. The predicted molar refractivity (Wildman–Crippen MR) is 157 cm³/mol. The van der Waals surface area contributed by atoms with Gasteiger partial charge in [0, 0.05) is 58.2 Å². The van der Waals surface area contributed by atoms with Gasteiger partial charge < -0.3 is 19.0 Å². The van der Waals surface area contributed by atoms with E-state index in [1.807, 2.05) is 17.0 Å². The molecule has 0 atom stereocenters. The van der Waals surface area contributed by atoms with Gasteiger partial charge in [-0.3, -0.25) is 4.72 Å². The molecule has 4 aromatic rings. The summed E-state index contributed by atoms with van der Waals surface area (Å²) >= 11 is 6.42. The Morgan fingerprint density at radius 2 is 1.78 bits per heavy atom. The average Bonchev–Trinajstić information content (AvgIpc) is 2.92. The van der Waals surface area contributed by atoms with Crippen LogP contribution in [0.1, 0.15) is 16.7 Å². The summed E-state index contributed by atoms with van der Waals surface area (Å²) in [5.41, 5.74) is 0.646. The van der Waals surface area contributed by atoms with Gasteiger partial charge in [-0.1, -0.05) is 35.9 Å². The summed E-state index contributed by atoms with van der Waals surface area (Å²) in [6, 6.07) is 16.1. The molecule has 0 aliphatic carbocycles. The molecular weight excluding hydrogens is 575 g/mol. The molecule has 0 saturated heterocycles. The Morgan fingerprint density at radius 3 is 2.46 bits per heavy atom. The molecule has 0 aliphatic heterocycles. The molecular formula is C28H28ClFN4O6S. The number of halogens is 2. The van der Waals surface area contributed by atoms with Gasteiger partial charge in [0.1, 0.15) is 11.3 Å². The van der Waals surface area contributed by atoms with E-state index in [0.29, 0.717) is 21.7 Å². The van der Waals surface area contributed by atoms with E-state index in [2.05, 4.69) is 9.44 Å². The standard InChI is InChI=1S/C28H28ClFN4O6S/c1-31-41(37,38)32-23-10-7-8-17(26(23)30)14-20-21(16-34(4)24-11-6-5-9-22(24)29)19-13-12-18(39-28(36)33(2)3)15-25(19)40-27(20)35/h5-13,15,31-32H,14,16H2,1-4H3. The second-order valence-electron chi connectivity index (χ2n) is 9.34. The maximum atomic E-state index is 15.5. The molecule has 41 heavy (non-hydrogen) atoms. The third kappa shape index (κ3) is 6.79. The summed E-state index contributed by atoms with van der Waals surface area (Å²) in [6.07, 6.45) is -0.797. The van der Waals surface area contributed by atoms with E-state index in [1.54, 1.807) is 31.3 Å². The SMILES string of the molecule is CNS(=O)(=O)Nc1cccc(Cc2c(CN(C)c3ccccc3Cl)c3ccc(OC(=O)N(C)C)cc3oc2=O)c1F. The molecule has 2 N–H and O–H groups in total. The fourth-order valence-electron chi connectivity index (χ4n) is 4.16. The zero-order valence-electron chi connectivity index (χ0n) is 22.7. The van der Waals surface area contributed by atoms with Crippen LogP contribution in [0, 0.1) is 5.82 Å². The van der Waals surface area contributed by atoms with Gasteiger partial charge in [-0.25, -0.2) is 18.7 Å². The van der Waals surface area contributed by atoms with Crippen LogP contribution in [-0.2, 0) is 23.2 Å². The van der Waals surface area contributed by atoms with E-state index in [4.69, 9.17) is 20.8 Å². The number of carbonyl (C=O) groups excluding carboxylic acids is 1. The molecule has 0 aliphatic rings. The van der Waals surface area contributed by atoms with E-state index in [0.717, 1.165) is 0 Å². The van der Waals surface area contributed by atoms with Crippen molar-refractivity contribution in [3.05, 3.63) is 98.6 Å². The van der Waals surface area contributed by atoms with Crippen molar-refractivity contribution >= 4 is 50.2 Å². The van der Waals surface area contributed by atoms with Crippen LogP contribution < -0.4 is 24.7 Å². The van der Waals surface area contributed by atoms with E-state index in [-0.39, 0.29) is 41.1 Å². The highest BCUT2D eigenvalue weighted by Crippen LogP contribution is 2.31. The van der Waals surface area contributed by atoms with Crippen LogP contribution in [-0.4, -0.2) is 47.6 Å². The number of ether oxygens (including phenoxy) is 1. The van der Waals surface area contributed by atoms with Gasteiger partial charge in [0.25, 0.3) is 10.2 Å². The van der Waals surface area contributed by atoms with Gasteiger partial charge in [-0.2, -0.15) is 8.42 Å². The molecule has 1 amide bonds. The van der Waals surface area contributed by atoms with Crippen molar-refractivity contribution in [3.63, 3.8) is 0 Å². The third-order valence-corrected chi connectivity index (χ3v) is 7.63. The second-order valence-corrected chi connectivity index (χ2v) is 11.4. The molecule has 0 bridgehead atoms. The van der Waals surface area contributed by atoms with E-state index in [9.17, 15) is 18.0 Å². The van der Waals surface area contributed by atoms with Crippen LogP contribution in [0.3, 0.4) is 0 Å². The average molecular weight is 603 g/mol. The van der Waals surface area contributed by atoms with Crippen LogP contribution in [0.4, 0.5) is 20.6 Å². The maximum Gasteiger partial charge on any atom is 0.414 e. The van der Waals surface area contributed by atoms with E-state index >= 15 is 4.39 Å². The lowest BCUT2D eigenvalue weighted by Gasteiger charge is -2.23. The quantitative estimate of drug-likeness (QED) is 0.265. The van der Waals surface area contributed by atoms with Gasteiger partial charge in [0.15, 0.2) is 5.82 Å². The van der Waals surface area contributed by atoms with Crippen molar-refractivity contribution in [2.45, 2.75) is 13.0 Å². The number of rotatable bonds is 9. The van der Waals surface area contributed by atoms with Crippen LogP contribution in [0.25, 0.3) is 11.0 Å². The van der Waals surface area contributed by atoms with Crippen LogP contribution in [0.15, 0.2) is 69.9 Å². The monoisotopic (exact) mass is 602 g/mol. The summed E-state index contributed by atoms with van der Waals surface area (Å²) in [5, 5.41) is 1.04. The Morgan fingerprint density at radius 1 is 1.05 bits per heavy atom. The minimum atomic E-state index is -3.98. The molecule has 4 rings (SSSR count). The largest absolute Gasteiger partial charge is 0.422 e. The Balaban J connectivity index is 1.84. The highest BCUT2D eigenvalue weighted by Gasteiger charge is 2.21. The number of nitrogens with zero attached hydrogens (tertiary/aromatic N) is 2. The molecule has 0 fully saturated rings. The smallest absolute Gasteiger partial charge is 0.414 e. The van der Waals surface area contributed by atoms with Gasteiger partial charge in [0.2, 0.25) is 0 Å². The van der Waals surface area contributed by atoms with Crippen molar-refractivity contribution in [1.82, 2.24) is 9.62 Å². The Kier molecular flexibility index (Phi) is 8.86. The molecule has 0 spiro atoms. The zero-order chi connectivity index (χ0) is 29.9. The molecule has 216 valence electrons. The van der Waals surface area contributed by atoms with Crippen LogP contribution in [0.2, 0.25) is 5.02 Å². The Hall–Kier alpha value is -4.13. The molecule has 0 saturated carbocycles. The normalized spacial score (nSPS) is 11.4. The number of nitrogens with one attached hydrogen (secondary N) is 2. The summed E-state index contributed by atoms with van der Waals surface area (Å²) < 4.78 is 54.5. The van der Waals surface area contributed by atoms with Gasteiger partial charge in [0.05, 0.1) is 16.4 Å². The lowest BCUT2D eigenvalue weighted by Crippen LogP contribution is -2.27. The van der Waals surface area contributed by atoms with Gasteiger partial charge in [-0.15, -0.1) is 0 Å². The fourth-order valence-corrected chi connectivity index (χ4v) is 4.99. The number of amides is 1. The first-order valence-electron chi connectivity index (χ1n) is 12.3.